The largest absolute Gasteiger partial charge is 0.748 e. The van der Waals surface area contributed by atoms with E-state index in [4.69, 9.17) is 9.47 Å². The number of rotatable bonds is 8. The van der Waals surface area contributed by atoms with Gasteiger partial charge in [-0.2, -0.15) is 0 Å². The predicted octanol–water partition coefficient (Wildman–Crippen LogP) is 4.02. The summed E-state index contributed by atoms with van der Waals surface area (Å²) in [7, 11) is -4.57. The van der Waals surface area contributed by atoms with Crippen molar-refractivity contribution in [2.75, 3.05) is 12.4 Å². The zero-order valence-corrected chi connectivity index (χ0v) is 17.5. The summed E-state index contributed by atoms with van der Waals surface area (Å²) in [6, 6.07) is 3.07. The molecular weight excluding hydrogens is 429 g/mol. The lowest BCUT2D eigenvalue weighted by Gasteiger charge is -2.41. The van der Waals surface area contributed by atoms with Crippen LogP contribution in [0.25, 0.3) is 0 Å². The molecule has 0 atom stereocenters. The van der Waals surface area contributed by atoms with E-state index in [0.717, 1.165) is 37.5 Å². The van der Waals surface area contributed by atoms with Crippen LogP contribution in [0.15, 0.2) is 18.2 Å². The fourth-order valence-corrected chi connectivity index (χ4v) is 3.70. The van der Waals surface area contributed by atoms with Crippen LogP contribution in [-0.2, 0) is 14.9 Å². The molecule has 1 aliphatic rings. The van der Waals surface area contributed by atoms with Gasteiger partial charge in [0.2, 0.25) is 0 Å². The van der Waals surface area contributed by atoms with Crippen molar-refractivity contribution in [3.63, 3.8) is 0 Å². The van der Waals surface area contributed by atoms with Gasteiger partial charge in [-0.25, -0.2) is 13.2 Å². The molecule has 1 aromatic carbocycles. The first-order valence-electron chi connectivity index (χ1n) is 9.51. The Bertz CT molecular complexity index is 844. The summed E-state index contributed by atoms with van der Waals surface area (Å²) in [4.78, 5) is 12.1. The number of halogens is 3. The van der Waals surface area contributed by atoms with Crippen molar-refractivity contribution in [2.24, 2.45) is 5.92 Å². The van der Waals surface area contributed by atoms with E-state index >= 15 is 0 Å². The molecule has 0 aliphatic heterocycles. The molecular formula is C19H24F3O7S-. The van der Waals surface area contributed by atoms with Gasteiger partial charge in [0.05, 0.1) is 21.4 Å². The van der Waals surface area contributed by atoms with Crippen LogP contribution >= 0.6 is 0 Å². The molecule has 0 unspecified atom stereocenters. The standard InChI is InChI=1S/C19H25F3O7S/c1-13(2)18(8-4-3-5-9-18)28-16-12-14(6-7-15(16)29-19(20,21)22)17(23)27-10-11-30(24,25)26/h6-7,12-13H,3-5,8-11H2,1-2H3,(H,24,25,26)/p-1. The van der Waals surface area contributed by atoms with Gasteiger partial charge >= 0.3 is 12.3 Å². The van der Waals surface area contributed by atoms with E-state index in [-0.39, 0.29) is 17.2 Å². The Morgan fingerprint density at radius 2 is 1.80 bits per heavy atom. The summed E-state index contributed by atoms with van der Waals surface area (Å²) in [6.07, 6.45) is -0.949. The van der Waals surface area contributed by atoms with Crippen molar-refractivity contribution in [3.05, 3.63) is 23.8 Å². The van der Waals surface area contributed by atoms with Gasteiger partial charge in [-0.3, -0.25) is 0 Å². The van der Waals surface area contributed by atoms with Crippen molar-refractivity contribution in [2.45, 2.75) is 57.9 Å². The first kappa shape index (κ1) is 24.3. The smallest absolute Gasteiger partial charge is 0.573 e. The topological polar surface area (TPSA) is 102 Å². The maximum atomic E-state index is 12.8. The van der Waals surface area contributed by atoms with Crippen LogP contribution in [0.5, 0.6) is 11.5 Å². The third kappa shape index (κ3) is 7.05. The van der Waals surface area contributed by atoms with Gasteiger partial charge in [-0.1, -0.05) is 20.3 Å². The fraction of sp³-hybridized carbons (Fsp3) is 0.632. The third-order valence-corrected chi connectivity index (χ3v) is 5.70. The van der Waals surface area contributed by atoms with Gasteiger partial charge in [0.1, 0.15) is 12.2 Å². The normalized spacial score (nSPS) is 16.9. The summed E-state index contributed by atoms with van der Waals surface area (Å²) in [5, 5.41) is 0. The summed E-state index contributed by atoms with van der Waals surface area (Å²) < 4.78 is 85.2. The average Bonchev–Trinajstić information content (AvgIpc) is 2.61. The zero-order chi connectivity index (χ0) is 22.6. The monoisotopic (exact) mass is 453 g/mol. The Labute approximate surface area is 173 Å². The lowest BCUT2D eigenvalue weighted by Crippen LogP contribution is -2.43. The Kier molecular flexibility index (Phi) is 7.62. The van der Waals surface area contributed by atoms with Crippen LogP contribution in [-0.4, -0.2) is 43.3 Å². The molecule has 2 rings (SSSR count). The van der Waals surface area contributed by atoms with Crippen molar-refractivity contribution in [1.29, 1.82) is 0 Å². The minimum absolute atomic E-state index is 0.00518. The van der Waals surface area contributed by atoms with E-state index in [1.165, 1.54) is 0 Å². The van der Waals surface area contributed by atoms with Crippen molar-refractivity contribution < 1.29 is 45.1 Å². The van der Waals surface area contributed by atoms with E-state index in [1.807, 2.05) is 13.8 Å². The van der Waals surface area contributed by atoms with E-state index in [2.05, 4.69) is 4.74 Å². The molecule has 0 bridgehead atoms. The van der Waals surface area contributed by atoms with Crippen LogP contribution < -0.4 is 9.47 Å². The van der Waals surface area contributed by atoms with Gasteiger partial charge in [-0.15, -0.1) is 13.2 Å². The highest BCUT2D eigenvalue weighted by Crippen LogP contribution is 2.42. The fourth-order valence-electron chi connectivity index (χ4n) is 3.41. The molecule has 1 aliphatic carbocycles. The van der Waals surface area contributed by atoms with E-state index < -0.39 is 46.2 Å². The number of ether oxygens (including phenoxy) is 3. The molecule has 0 saturated heterocycles. The Morgan fingerprint density at radius 3 is 2.33 bits per heavy atom. The number of esters is 1. The molecule has 1 aromatic rings. The molecule has 170 valence electrons. The Hall–Kier alpha value is -2.01. The highest BCUT2D eigenvalue weighted by Gasteiger charge is 2.39. The third-order valence-electron chi connectivity index (χ3n) is 5.04. The first-order chi connectivity index (χ1) is 13.8. The van der Waals surface area contributed by atoms with E-state index in [1.54, 1.807) is 0 Å². The zero-order valence-electron chi connectivity index (χ0n) is 16.7. The van der Waals surface area contributed by atoms with Gasteiger partial charge in [0, 0.05) is 0 Å². The van der Waals surface area contributed by atoms with Crippen molar-refractivity contribution in [1.82, 2.24) is 0 Å². The lowest BCUT2D eigenvalue weighted by atomic mass is 9.77. The molecule has 1 fully saturated rings. The minimum Gasteiger partial charge on any atom is -0.748 e. The summed E-state index contributed by atoms with van der Waals surface area (Å²) in [5.74, 6) is -2.76. The van der Waals surface area contributed by atoms with E-state index in [0.29, 0.717) is 12.8 Å². The molecule has 7 nitrogen and oxygen atoms in total. The second-order valence-corrected chi connectivity index (χ2v) is 9.01. The molecule has 0 N–H and O–H groups in total. The quantitative estimate of drug-likeness (QED) is 0.433. The molecule has 1 saturated carbocycles. The Morgan fingerprint density at radius 1 is 1.17 bits per heavy atom. The molecule has 0 aromatic heterocycles. The maximum Gasteiger partial charge on any atom is 0.573 e. The van der Waals surface area contributed by atoms with Gasteiger partial charge < -0.3 is 18.8 Å². The SMILES string of the molecule is CC(C)C1(Oc2cc(C(=O)OCCS(=O)(=O)[O-])ccc2OC(F)(F)F)CCCCC1. The lowest BCUT2D eigenvalue weighted by molar-refractivity contribution is -0.275. The van der Waals surface area contributed by atoms with Crippen molar-refractivity contribution >= 4 is 16.1 Å². The van der Waals surface area contributed by atoms with Crippen LogP contribution in [0.2, 0.25) is 0 Å². The first-order valence-corrected chi connectivity index (χ1v) is 11.1. The summed E-state index contributed by atoms with van der Waals surface area (Å²) >= 11 is 0. The summed E-state index contributed by atoms with van der Waals surface area (Å²) in [6.45, 7) is 3.16. The molecule has 11 heteroatoms. The van der Waals surface area contributed by atoms with Crippen LogP contribution in [0.1, 0.15) is 56.3 Å². The highest BCUT2D eigenvalue weighted by atomic mass is 32.2. The van der Waals surface area contributed by atoms with Crippen LogP contribution in [0, 0.1) is 5.92 Å². The minimum atomic E-state index is -4.96. The predicted molar refractivity (Wildman–Crippen MR) is 99.3 cm³/mol. The number of carbonyl (C=O) groups excluding carboxylic acids is 1. The van der Waals surface area contributed by atoms with Gasteiger partial charge in [0.15, 0.2) is 11.5 Å². The average molecular weight is 453 g/mol. The van der Waals surface area contributed by atoms with Gasteiger partial charge in [-0.05, 0) is 49.8 Å². The van der Waals surface area contributed by atoms with Crippen LogP contribution in [0.3, 0.4) is 0 Å². The second kappa shape index (κ2) is 9.42. The molecule has 0 amide bonds. The molecule has 30 heavy (non-hydrogen) atoms. The molecule has 0 heterocycles. The molecule has 0 spiro atoms. The van der Waals surface area contributed by atoms with E-state index in [9.17, 15) is 30.9 Å². The number of hydrogen-bond donors (Lipinski definition) is 0. The maximum absolute atomic E-state index is 12.8. The van der Waals surface area contributed by atoms with Crippen LogP contribution in [0.4, 0.5) is 13.2 Å². The number of hydrogen-bond acceptors (Lipinski definition) is 7. The van der Waals surface area contributed by atoms with Gasteiger partial charge in [0.25, 0.3) is 0 Å². The number of benzene rings is 1. The molecule has 0 radical (unpaired) electrons. The Balaban J connectivity index is 2.31. The highest BCUT2D eigenvalue weighted by molar-refractivity contribution is 7.85. The second-order valence-electron chi connectivity index (χ2n) is 7.49. The van der Waals surface area contributed by atoms with Crippen molar-refractivity contribution in [3.8, 4) is 11.5 Å². The number of carbonyl (C=O) groups is 1. The number of alkyl halides is 3. The summed E-state index contributed by atoms with van der Waals surface area (Å²) in [5.41, 5.74) is -0.862.